The Hall–Kier alpha value is -0.590. The molecule has 0 saturated heterocycles. The van der Waals surface area contributed by atoms with Crippen LogP contribution in [0.3, 0.4) is 0 Å². The summed E-state index contributed by atoms with van der Waals surface area (Å²) in [7, 11) is 1.42. The van der Waals surface area contributed by atoms with Gasteiger partial charge in [-0.25, -0.2) is 9.78 Å². The number of nitrogens with zero attached hydrogens (tertiary/aromatic N) is 1. The van der Waals surface area contributed by atoms with Crippen LogP contribution in [-0.2, 0) is 9.78 Å². The van der Waals surface area contributed by atoms with Crippen molar-refractivity contribution in [2.45, 2.75) is 6.92 Å². The third-order valence-corrected chi connectivity index (χ3v) is 0.656. The third kappa shape index (κ3) is 3.59. The van der Waals surface area contributed by atoms with Crippen LogP contribution in [0.15, 0.2) is 0 Å². The highest BCUT2D eigenvalue weighted by molar-refractivity contribution is 4.77. The molecule has 0 aromatic heterocycles. The summed E-state index contributed by atoms with van der Waals surface area (Å²) >= 11 is 0. The molecule has 0 rings (SSSR count). The average Bonchev–Trinajstić information content (AvgIpc) is 1.83. The molecule has 0 N–H and O–H groups in total. The van der Waals surface area contributed by atoms with E-state index in [4.69, 9.17) is 5.26 Å². The average molecular weight is 115 g/mol. The maximum Gasteiger partial charge on any atom is 0.0977 e. The molecule has 1 unspecified atom stereocenters. The van der Waals surface area contributed by atoms with Gasteiger partial charge in [0.15, 0.2) is 0 Å². The lowest BCUT2D eigenvalue weighted by Gasteiger charge is -1.98. The van der Waals surface area contributed by atoms with E-state index >= 15 is 0 Å². The van der Waals surface area contributed by atoms with Gasteiger partial charge in [0.25, 0.3) is 0 Å². The van der Waals surface area contributed by atoms with Crippen LogP contribution in [0.2, 0.25) is 0 Å². The normalized spacial score (nSPS) is 12.6. The first-order valence-electron chi connectivity index (χ1n) is 2.36. The maximum absolute atomic E-state index is 8.18. The van der Waals surface area contributed by atoms with Crippen molar-refractivity contribution in [3.8, 4) is 6.07 Å². The molecular weight excluding hydrogens is 106 g/mol. The molecule has 0 radical (unpaired) electrons. The number of hydrogen-bond acceptors (Lipinski definition) is 3. The zero-order valence-electron chi connectivity index (χ0n) is 5.05. The van der Waals surface area contributed by atoms with Crippen molar-refractivity contribution in [3.63, 3.8) is 0 Å². The van der Waals surface area contributed by atoms with Crippen LogP contribution < -0.4 is 0 Å². The lowest BCUT2D eigenvalue weighted by Crippen LogP contribution is -2.01. The molecule has 3 heteroatoms. The van der Waals surface area contributed by atoms with E-state index in [2.05, 4.69) is 9.78 Å². The van der Waals surface area contributed by atoms with Crippen molar-refractivity contribution in [2.75, 3.05) is 13.7 Å². The molecule has 46 valence electrons. The number of hydrogen-bond donors (Lipinski definition) is 0. The van der Waals surface area contributed by atoms with Crippen molar-refractivity contribution in [2.24, 2.45) is 5.92 Å². The lowest BCUT2D eigenvalue weighted by molar-refractivity contribution is -0.276. The minimum Gasteiger partial charge on any atom is -0.240 e. The first-order valence-corrected chi connectivity index (χ1v) is 2.36. The second-order valence-electron chi connectivity index (χ2n) is 1.48. The van der Waals surface area contributed by atoms with Crippen LogP contribution in [0.5, 0.6) is 0 Å². The van der Waals surface area contributed by atoms with Gasteiger partial charge in [-0.15, -0.1) is 0 Å². The van der Waals surface area contributed by atoms with Gasteiger partial charge in [-0.1, -0.05) is 0 Å². The molecule has 0 aliphatic rings. The second-order valence-corrected chi connectivity index (χ2v) is 1.48. The smallest absolute Gasteiger partial charge is 0.0977 e. The van der Waals surface area contributed by atoms with Gasteiger partial charge >= 0.3 is 0 Å². The van der Waals surface area contributed by atoms with Crippen LogP contribution in [0.1, 0.15) is 6.92 Å². The fraction of sp³-hybridized carbons (Fsp3) is 0.800. The molecule has 0 aliphatic carbocycles. The summed E-state index contributed by atoms with van der Waals surface area (Å²) in [6, 6.07) is 1.99. The summed E-state index contributed by atoms with van der Waals surface area (Å²) in [5.41, 5.74) is 0. The molecule has 0 bridgehead atoms. The Morgan fingerprint density at radius 3 is 2.75 bits per heavy atom. The zero-order valence-corrected chi connectivity index (χ0v) is 5.05. The Morgan fingerprint density at radius 1 is 1.75 bits per heavy atom. The third-order valence-electron chi connectivity index (χ3n) is 0.656. The fourth-order valence-corrected chi connectivity index (χ4v) is 0.207. The topological polar surface area (TPSA) is 42.2 Å². The largest absolute Gasteiger partial charge is 0.240 e. The summed E-state index contributed by atoms with van der Waals surface area (Å²) in [5, 5.41) is 8.18. The highest BCUT2D eigenvalue weighted by Crippen LogP contribution is 1.90. The van der Waals surface area contributed by atoms with Gasteiger partial charge in [-0.05, 0) is 6.92 Å². The zero-order chi connectivity index (χ0) is 6.41. The maximum atomic E-state index is 8.18. The second kappa shape index (κ2) is 4.57. The molecule has 0 heterocycles. The molecule has 0 spiro atoms. The Balaban J connectivity index is 3.02. The van der Waals surface area contributed by atoms with Crippen molar-refractivity contribution in [1.82, 2.24) is 0 Å². The van der Waals surface area contributed by atoms with Gasteiger partial charge in [0.05, 0.1) is 25.7 Å². The standard InChI is InChI=1S/C5H9NO2/c1-5(3-6)4-8-7-2/h5H,4H2,1-2H3. The SMILES string of the molecule is COOCC(C)C#N. The minimum absolute atomic E-state index is 0.0880. The molecule has 0 amide bonds. The quantitative estimate of drug-likeness (QED) is 0.402. The van der Waals surface area contributed by atoms with E-state index in [-0.39, 0.29) is 5.92 Å². The van der Waals surface area contributed by atoms with Gasteiger partial charge in [0, 0.05) is 0 Å². The van der Waals surface area contributed by atoms with Crippen molar-refractivity contribution < 1.29 is 9.78 Å². The summed E-state index contributed by atoms with van der Waals surface area (Å²) in [4.78, 5) is 8.73. The molecule has 3 nitrogen and oxygen atoms in total. The van der Waals surface area contributed by atoms with E-state index in [0.717, 1.165) is 0 Å². The molecule has 0 saturated carbocycles. The molecule has 1 atom stereocenters. The van der Waals surface area contributed by atoms with Crippen molar-refractivity contribution in [1.29, 1.82) is 5.26 Å². The highest BCUT2D eigenvalue weighted by atomic mass is 17.2. The summed E-state index contributed by atoms with van der Waals surface area (Å²) in [6.45, 7) is 2.10. The molecule has 0 fully saturated rings. The summed E-state index contributed by atoms with van der Waals surface area (Å²) in [5.74, 6) is -0.0880. The highest BCUT2D eigenvalue weighted by Gasteiger charge is 1.96. The Bertz CT molecular complexity index is 86.9. The monoisotopic (exact) mass is 115 g/mol. The fourth-order valence-electron chi connectivity index (χ4n) is 0.207. The van der Waals surface area contributed by atoms with Crippen molar-refractivity contribution in [3.05, 3.63) is 0 Å². The Labute approximate surface area is 48.7 Å². The van der Waals surface area contributed by atoms with E-state index in [1.54, 1.807) is 6.92 Å². The Kier molecular flexibility index (Phi) is 4.23. The predicted molar refractivity (Wildman–Crippen MR) is 27.7 cm³/mol. The summed E-state index contributed by atoms with van der Waals surface area (Å²) < 4.78 is 0. The molecule has 0 aliphatic heterocycles. The number of nitriles is 1. The minimum atomic E-state index is -0.0880. The molecule has 8 heavy (non-hydrogen) atoms. The van der Waals surface area contributed by atoms with E-state index in [1.165, 1.54) is 7.11 Å². The lowest BCUT2D eigenvalue weighted by atomic mass is 10.2. The molecule has 0 aromatic rings. The van der Waals surface area contributed by atoms with Gasteiger partial charge in [-0.3, -0.25) is 0 Å². The van der Waals surface area contributed by atoms with E-state index in [1.807, 2.05) is 6.07 Å². The van der Waals surface area contributed by atoms with Crippen LogP contribution >= 0.6 is 0 Å². The van der Waals surface area contributed by atoms with E-state index < -0.39 is 0 Å². The molecular formula is C5H9NO2. The predicted octanol–water partition coefficient (Wildman–Crippen LogP) is 0.724. The van der Waals surface area contributed by atoms with Gasteiger partial charge in [-0.2, -0.15) is 5.26 Å². The van der Waals surface area contributed by atoms with Crippen LogP contribution in [-0.4, -0.2) is 13.7 Å². The van der Waals surface area contributed by atoms with Gasteiger partial charge in [0.1, 0.15) is 0 Å². The van der Waals surface area contributed by atoms with E-state index in [0.29, 0.717) is 6.61 Å². The first-order chi connectivity index (χ1) is 3.81. The van der Waals surface area contributed by atoms with E-state index in [9.17, 15) is 0 Å². The van der Waals surface area contributed by atoms with Crippen LogP contribution in [0, 0.1) is 17.2 Å². The van der Waals surface area contributed by atoms with Gasteiger partial charge < -0.3 is 0 Å². The van der Waals surface area contributed by atoms with Crippen LogP contribution in [0.4, 0.5) is 0 Å². The number of rotatable bonds is 3. The summed E-state index contributed by atoms with van der Waals surface area (Å²) in [6.07, 6.45) is 0. The molecule has 0 aromatic carbocycles. The Morgan fingerprint density at radius 2 is 2.38 bits per heavy atom. The van der Waals surface area contributed by atoms with Crippen molar-refractivity contribution >= 4 is 0 Å². The van der Waals surface area contributed by atoms with Crippen LogP contribution in [0.25, 0.3) is 0 Å². The van der Waals surface area contributed by atoms with Gasteiger partial charge in [0.2, 0.25) is 0 Å². The first kappa shape index (κ1) is 7.41.